The zero-order valence-electron chi connectivity index (χ0n) is 5.34. The highest BCUT2D eigenvalue weighted by molar-refractivity contribution is 5.49. The fourth-order valence-electron chi connectivity index (χ4n) is 0.786. The van der Waals surface area contributed by atoms with Gasteiger partial charge < -0.3 is 4.90 Å². The second kappa shape index (κ2) is 2.67. The first-order valence-corrected chi connectivity index (χ1v) is 3.14. The Hall–Kier alpha value is -0.790. The van der Waals surface area contributed by atoms with Gasteiger partial charge in [-0.1, -0.05) is 6.08 Å². The number of hydrogen-bond donors (Lipinski definition) is 0. The average molecular weight is 124 g/mol. The van der Waals surface area contributed by atoms with Gasteiger partial charge in [-0.05, 0) is 12.8 Å². The smallest absolute Gasteiger partial charge is 0.312 e. The van der Waals surface area contributed by atoms with Crippen molar-refractivity contribution < 1.29 is 4.79 Å². The molecule has 0 spiro atoms. The Morgan fingerprint density at radius 1 is 1.78 bits per heavy atom. The Labute approximate surface area is 55.2 Å². The summed E-state index contributed by atoms with van der Waals surface area (Å²) < 4.78 is 0. The van der Waals surface area contributed by atoms with E-state index in [1.165, 1.54) is 0 Å². The van der Waals surface area contributed by atoms with Crippen LogP contribution in [0, 0.1) is 0 Å². The van der Waals surface area contributed by atoms with Crippen LogP contribution in [0.1, 0.15) is 12.8 Å². The van der Waals surface area contributed by atoms with Crippen molar-refractivity contribution in [3.05, 3.63) is 12.7 Å². The van der Waals surface area contributed by atoms with Gasteiger partial charge in [-0.2, -0.15) is 0 Å². The topological polar surface area (TPSA) is 20.3 Å². The van der Waals surface area contributed by atoms with Crippen LogP contribution in [-0.2, 0) is 4.79 Å². The normalized spacial score (nSPS) is 16.9. The minimum atomic E-state index is 0.473. The maximum Gasteiger partial charge on any atom is 0.312 e. The van der Waals surface area contributed by atoms with Crippen molar-refractivity contribution in [3.8, 4) is 0 Å². The summed E-state index contributed by atoms with van der Waals surface area (Å²) in [6.07, 6.45) is 5.89. The highest BCUT2D eigenvalue weighted by Gasteiger charge is 2.27. The summed E-state index contributed by atoms with van der Waals surface area (Å²) in [5.41, 5.74) is 0. The SMILES string of the molecule is C=CCN([C]=O)C1CC1. The van der Waals surface area contributed by atoms with E-state index in [4.69, 9.17) is 0 Å². The molecular weight excluding hydrogens is 114 g/mol. The standard InChI is InChI=1S/C7H10NO/c1-2-5-8(6-9)7-3-4-7/h2,7H,1,3-5H2. The molecule has 0 bridgehead atoms. The minimum Gasteiger partial charge on any atom is -0.328 e. The van der Waals surface area contributed by atoms with Gasteiger partial charge in [0.25, 0.3) is 0 Å². The van der Waals surface area contributed by atoms with Gasteiger partial charge in [0.05, 0.1) is 0 Å². The summed E-state index contributed by atoms with van der Waals surface area (Å²) in [4.78, 5) is 11.8. The molecule has 1 rings (SSSR count). The summed E-state index contributed by atoms with van der Waals surface area (Å²) >= 11 is 0. The lowest BCUT2D eigenvalue weighted by Gasteiger charge is -2.10. The fourth-order valence-corrected chi connectivity index (χ4v) is 0.786. The van der Waals surface area contributed by atoms with Crippen LogP contribution in [0.25, 0.3) is 0 Å². The van der Waals surface area contributed by atoms with Gasteiger partial charge in [0.15, 0.2) is 0 Å². The average Bonchev–Trinajstić information content (AvgIpc) is 2.64. The predicted molar refractivity (Wildman–Crippen MR) is 35.6 cm³/mol. The zero-order chi connectivity index (χ0) is 6.69. The lowest BCUT2D eigenvalue weighted by Crippen LogP contribution is -2.23. The van der Waals surface area contributed by atoms with Gasteiger partial charge in [-0.3, -0.25) is 4.79 Å². The van der Waals surface area contributed by atoms with Crippen LogP contribution in [-0.4, -0.2) is 23.9 Å². The molecule has 0 unspecified atom stereocenters. The highest BCUT2D eigenvalue weighted by atomic mass is 16.1. The Kier molecular flexibility index (Phi) is 1.88. The molecule has 1 fully saturated rings. The molecule has 1 aliphatic rings. The van der Waals surface area contributed by atoms with Crippen molar-refractivity contribution in [1.82, 2.24) is 4.90 Å². The first kappa shape index (κ1) is 6.33. The van der Waals surface area contributed by atoms with Crippen LogP contribution in [0.3, 0.4) is 0 Å². The second-order valence-electron chi connectivity index (χ2n) is 2.26. The van der Waals surface area contributed by atoms with E-state index in [0.717, 1.165) is 12.8 Å². The molecule has 0 aromatic heterocycles. The van der Waals surface area contributed by atoms with Gasteiger partial charge in [0, 0.05) is 12.6 Å². The maximum atomic E-state index is 10.1. The van der Waals surface area contributed by atoms with E-state index in [0.29, 0.717) is 12.6 Å². The van der Waals surface area contributed by atoms with E-state index in [1.807, 2.05) is 6.41 Å². The number of amides is 1. The second-order valence-corrected chi connectivity index (χ2v) is 2.26. The minimum absolute atomic E-state index is 0.473. The summed E-state index contributed by atoms with van der Waals surface area (Å²) in [5, 5.41) is 0. The van der Waals surface area contributed by atoms with E-state index in [9.17, 15) is 4.79 Å². The molecule has 1 amide bonds. The van der Waals surface area contributed by atoms with Crippen LogP contribution in [0.5, 0.6) is 0 Å². The van der Waals surface area contributed by atoms with Crippen molar-refractivity contribution in [2.45, 2.75) is 18.9 Å². The Morgan fingerprint density at radius 2 is 2.44 bits per heavy atom. The molecule has 1 radical (unpaired) electrons. The molecule has 1 saturated carbocycles. The van der Waals surface area contributed by atoms with Gasteiger partial charge in [0.1, 0.15) is 0 Å². The molecule has 0 saturated heterocycles. The molecule has 0 atom stereocenters. The Balaban J connectivity index is 2.28. The zero-order valence-corrected chi connectivity index (χ0v) is 5.34. The van der Waals surface area contributed by atoms with Crippen molar-refractivity contribution in [2.75, 3.05) is 6.54 Å². The molecule has 0 aliphatic heterocycles. The van der Waals surface area contributed by atoms with E-state index >= 15 is 0 Å². The monoisotopic (exact) mass is 124 g/mol. The van der Waals surface area contributed by atoms with Crippen LogP contribution in [0.15, 0.2) is 12.7 Å². The molecule has 49 valence electrons. The molecule has 0 N–H and O–H groups in total. The number of nitrogens with zero attached hydrogens (tertiary/aromatic N) is 1. The highest BCUT2D eigenvalue weighted by Crippen LogP contribution is 2.24. The first-order chi connectivity index (χ1) is 4.38. The Bertz CT molecular complexity index is 118. The van der Waals surface area contributed by atoms with Crippen molar-refractivity contribution in [3.63, 3.8) is 0 Å². The molecule has 0 aromatic carbocycles. The van der Waals surface area contributed by atoms with Gasteiger partial charge >= 0.3 is 6.41 Å². The van der Waals surface area contributed by atoms with Crippen LogP contribution < -0.4 is 0 Å². The molecule has 1 aliphatic carbocycles. The molecule has 2 heteroatoms. The van der Waals surface area contributed by atoms with Crippen LogP contribution in [0.4, 0.5) is 0 Å². The quantitative estimate of drug-likeness (QED) is 0.399. The summed E-state index contributed by atoms with van der Waals surface area (Å²) in [5.74, 6) is 0. The van der Waals surface area contributed by atoms with Gasteiger partial charge in [-0.15, -0.1) is 6.58 Å². The van der Waals surface area contributed by atoms with Gasteiger partial charge in [0.2, 0.25) is 0 Å². The van der Waals surface area contributed by atoms with Crippen molar-refractivity contribution in [2.24, 2.45) is 0 Å². The number of carbonyl (C=O) groups excluding carboxylic acids is 1. The van der Waals surface area contributed by atoms with Crippen molar-refractivity contribution in [1.29, 1.82) is 0 Å². The maximum absolute atomic E-state index is 10.1. The molecule has 2 nitrogen and oxygen atoms in total. The van der Waals surface area contributed by atoms with E-state index in [-0.39, 0.29) is 0 Å². The summed E-state index contributed by atoms with van der Waals surface area (Å²) in [6.45, 7) is 4.19. The third kappa shape index (κ3) is 1.56. The van der Waals surface area contributed by atoms with E-state index in [1.54, 1.807) is 11.0 Å². The third-order valence-corrected chi connectivity index (χ3v) is 1.43. The fraction of sp³-hybridized carbons (Fsp3) is 0.571. The summed E-state index contributed by atoms with van der Waals surface area (Å²) in [6, 6.07) is 0.473. The molecule has 9 heavy (non-hydrogen) atoms. The lowest BCUT2D eigenvalue weighted by molar-refractivity contribution is 0.401. The summed E-state index contributed by atoms with van der Waals surface area (Å²) in [7, 11) is 0. The van der Waals surface area contributed by atoms with Crippen LogP contribution >= 0.6 is 0 Å². The van der Waals surface area contributed by atoms with E-state index in [2.05, 4.69) is 6.58 Å². The van der Waals surface area contributed by atoms with Crippen molar-refractivity contribution >= 4 is 6.41 Å². The largest absolute Gasteiger partial charge is 0.328 e. The third-order valence-electron chi connectivity index (χ3n) is 1.43. The van der Waals surface area contributed by atoms with Crippen LogP contribution in [0.2, 0.25) is 0 Å². The molecular formula is C7H10NO. The number of rotatable bonds is 4. The molecule has 0 aromatic rings. The molecule has 0 heterocycles. The Morgan fingerprint density at radius 3 is 2.78 bits per heavy atom. The predicted octanol–water partition coefficient (Wildman–Crippen LogP) is 0.704. The van der Waals surface area contributed by atoms with Gasteiger partial charge in [-0.25, -0.2) is 0 Å². The first-order valence-electron chi connectivity index (χ1n) is 3.14. The number of hydrogen-bond acceptors (Lipinski definition) is 1. The van der Waals surface area contributed by atoms with E-state index < -0.39 is 0 Å². The lowest BCUT2D eigenvalue weighted by atomic mass is 10.5.